The predicted molar refractivity (Wildman–Crippen MR) is 88.9 cm³/mol. The molecule has 2 rings (SSSR count). The van der Waals surface area contributed by atoms with Crippen molar-refractivity contribution in [3.05, 3.63) is 63.9 Å². The van der Waals surface area contributed by atoms with E-state index in [1.54, 1.807) is 0 Å². The molecule has 5 nitrogen and oxygen atoms in total. The Balaban J connectivity index is 2.46. The number of carbonyl (C=O) groups is 2. The van der Waals surface area contributed by atoms with Crippen molar-refractivity contribution >= 4 is 23.4 Å². The van der Waals surface area contributed by atoms with E-state index in [-0.39, 0.29) is 16.8 Å². The quantitative estimate of drug-likeness (QED) is 0.358. The fourth-order valence-electron chi connectivity index (χ4n) is 2.12. The van der Waals surface area contributed by atoms with Gasteiger partial charge in [-0.25, -0.2) is 27.6 Å². The van der Waals surface area contributed by atoms with Crippen LogP contribution in [-0.2, 0) is 0 Å². The van der Waals surface area contributed by atoms with E-state index in [2.05, 4.69) is 4.98 Å². The summed E-state index contributed by atoms with van der Waals surface area (Å²) in [6.07, 6.45) is 1.33. The molecule has 2 amide bonds. The van der Waals surface area contributed by atoms with Crippen LogP contribution >= 0.6 is 11.6 Å². The van der Waals surface area contributed by atoms with Gasteiger partial charge in [-0.2, -0.15) is 0 Å². The van der Waals surface area contributed by atoms with Crippen molar-refractivity contribution in [2.45, 2.75) is 26.3 Å². The van der Waals surface area contributed by atoms with Crippen molar-refractivity contribution in [3.63, 3.8) is 0 Å². The average Bonchev–Trinajstić information content (AvgIpc) is 2.57. The second kappa shape index (κ2) is 7.51. The number of hydrazine groups is 1. The maximum atomic E-state index is 13.9. The van der Waals surface area contributed by atoms with Crippen LogP contribution in [-0.4, -0.2) is 27.3 Å². The fourth-order valence-corrected chi connectivity index (χ4v) is 2.32. The van der Waals surface area contributed by atoms with E-state index in [1.165, 1.54) is 39.1 Å². The zero-order chi connectivity index (χ0) is 20.5. The number of pyridine rings is 1. The average molecular weight is 404 g/mol. The summed E-state index contributed by atoms with van der Waals surface area (Å²) in [7, 11) is 0. The number of carbonyl (C=O) groups excluding carboxylic acids is 2. The van der Waals surface area contributed by atoms with Crippen LogP contribution < -0.4 is 5.43 Å². The molecule has 0 radical (unpaired) electrons. The molecule has 0 saturated heterocycles. The number of hydrogen-bond donors (Lipinski definition) is 1. The lowest BCUT2D eigenvalue weighted by Gasteiger charge is -2.35. The molecular formula is C17H14ClF4N3O2. The predicted octanol–water partition coefficient (Wildman–Crippen LogP) is 3.88. The Hall–Kier alpha value is -2.68. The Morgan fingerprint density at radius 2 is 1.67 bits per heavy atom. The molecule has 144 valence electrons. The Kier molecular flexibility index (Phi) is 5.74. The molecule has 1 N–H and O–H groups in total. The third-order valence-corrected chi connectivity index (χ3v) is 3.72. The van der Waals surface area contributed by atoms with Gasteiger partial charge in [0.15, 0.2) is 23.3 Å². The van der Waals surface area contributed by atoms with E-state index in [0.717, 1.165) is 5.01 Å². The van der Waals surface area contributed by atoms with Gasteiger partial charge in [0.2, 0.25) is 0 Å². The molecule has 0 atom stereocenters. The highest BCUT2D eigenvalue weighted by atomic mass is 35.5. The van der Waals surface area contributed by atoms with Gasteiger partial charge in [0.25, 0.3) is 11.8 Å². The number of rotatable bonds is 2. The summed E-state index contributed by atoms with van der Waals surface area (Å²) >= 11 is 5.87. The lowest BCUT2D eigenvalue weighted by molar-refractivity contribution is 0.0354. The smallest absolute Gasteiger partial charge is 0.267 e. The van der Waals surface area contributed by atoms with Crippen LogP contribution in [0.3, 0.4) is 0 Å². The minimum Gasteiger partial charge on any atom is -0.267 e. The molecule has 1 aromatic heterocycles. The van der Waals surface area contributed by atoms with Gasteiger partial charge in [-0.3, -0.25) is 15.0 Å². The van der Waals surface area contributed by atoms with E-state index in [4.69, 9.17) is 11.6 Å². The first kappa shape index (κ1) is 20.6. The summed E-state index contributed by atoms with van der Waals surface area (Å²) in [5.41, 5.74) is -0.703. The SMILES string of the molecule is CC(C)(C)N(NC(=O)c1c(F)c(F)cc(F)c1F)C(=O)c1cccnc1Cl. The minimum absolute atomic E-state index is 0.0243. The second-order valence-corrected chi connectivity index (χ2v) is 6.80. The molecule has 27 heavy (non-hydrogen) atoms. The van der Waals surface area contributed by atoms with Gasteiger partial charge in [-0.1, -0.05) is 11.6 Å². The third-order valence-electron chi connectivity index (χ3n) is 3.42. The van der Waals surface area contributed by atoms with Gasteiger partial charge in [0, 0.05) is 12.3 Å². The van der Waals surface area contributed by atoms with Gasteiger partial charge in [0.1, 0.15) is 10.7 Å². The molecule has 2 aromatic rings. The summed E-state index contributed by atoms with van der Waals surface area (Å²) in [5.74, 6) is -9.65. The fraction of sp³-hybridized carbons (Fsp3) is 0.235. The highest BCUT2D eigenvalue weighted by Gasteiger charge is 2.33. The molecular weight excluding hydrogens is 390 g/mol. The zero-order valence-electron chi connectivity index (χ0n) is 14.4. The molecule has 0 aliphatic carbocycles. The van der Waals surface area contributed by atoms with Gasteiger partial charge < -0.3 is 0 Å². The Morgan fingerprint density at radius 3 is 2.15 bits per heavy atom. The van der Waals surface area contributed by atoms with Crippen molar-refractivity contribution in [2.75, 3.05) is 0 Å². The standard InChI is InChI=1S/C17H14ClF4N3O2/c1-17(2,3)25(16(27)8-5-4-6-23-14(8)18)24-15(26)11-12(21)9(19)7-10(20)13(11)22/h4-7H,1-3H3,(H,24,26). The number of amides is 2. The van der Waals surface area contributed by atoms with E-state index in [9.17, 15) is 27.2 Å². The van der Waals surface area contributed by atoms with Crippen molar-refractivity contribution in [1.29, 1.82) is 0 Å². The largest absolute Gasteiger partial charge is 0.276 e. The van der Waals surface area contributed by atoms with Crippen LogP contribution in [0.4, 0.5) is 17.6 Å². The third kappa shape index (κ3) is 4.19. The van der Waals surface area contributed by atoms with Gasteiger partial charge in [-0.05, 0) is 32.9 Å². The van der Waals surface area contributed by atoms with E-state index in [1.807, 2.05) is 5.43 Å². The Bertz CT molecular complexity index is 890. The Labute approximate surface area is 156 Å². The van der Waals surface area contributed by atoms with Gasteiger partial charge in [-0.15, -0.1) is 0 Å². The number of nitrogens with zero attached hydrogens (tertiary/aromatic N) is 2. The number of hydrogen-bond acceptors (Lipinski definition) is 3. The first-order valence-electron chi connectivity index (χ1n) is 7.54. The molecule has 1 aromatic carbocycles. The van der Waals surface area contributed by atoms with Crippen molar-refractivity contribution in [1.82, 2.24) is 15.4 Å². The van der Waals surface area contributed by atoms with Crippen LogP contribution in [0.15, 0.2) is 24.4 Å². The summed E-state index contributed by atoms with van der Waals surface area (Å²) in [4.78, 5) is 28.8. The summed E-state index contributed by atoms with van der Waals surface area (Å²) in [6.45, 7) is 4.52. The minimum atomic E-state index is -1.88. The molecule has 0 fully saturated rings. The Morgan fingerprint density at radius 1 is 1.11 bits per heavy atom. The van der Waals surface area contributed by atoms with Crippen molar-refractivity contribution in [2.24, 2.45) is 0 Å². The maximum Gasteiger partial charge on any atom is 0.276 e. The molecule has 0 unspecified atom stereocenters. The van der Waals surface area contributed by atoms with Crippen molar-refractivity contribution < 1.29 is 27.2 Å². The summed E-state index contributed by atoms with van der Waals surface area (Å²) in [5, 5.41) is 0.570. The zero-order valence-corrected chi connectivity index (χ0v) is 15.2. The van der Waals surface area contributed by atoms with Crippen LogP contribution in [0, 0.1) is 23.3 Å². The highest BCUT2D eigenvalue weighted by molar-refractivity contribution is 6.32. The van der Waals surface area contributed by atoms with E-state index in [0.29, 0.717) is 0 Å². The second-order valence-electron chi connectivity index (χ2n) is 6.44. The molecule has 1 heterocycles. The van der Waals surface area contributed by atoms with Gasteiger partial charge >= 0.3 is 0 Å². The first-order valence-corrected chi connectivity index (χ1v) is 7.92. The summed E-state index contributed by atoms with van der Waals surface area (Å²) in [6, 6.07) is 2.72. The number of halogens is 5. The lowest BCUT2D eigenvalue weighted by atomic mass is 10.1. The normalized spacial score (nSPS) is 11.3. The number of benzene rings is 1. The lowest BCUT2D eigenvalue weighted by Crippen LogP contribution is -2.56. The first-order chi connectivity index (χ1) is 12.4. The molecule has 0 bridgehead atoms. The molecule has 0 aliphatic heterocycles. The number of nitrogens with one attached hydrogen (secondary N) is 1. The van der Waals surface area contributed by atoms with Crippen LogP contribution in [0.1, 0.15) is 41.5 Å². The van der Waals surface area contributed by atoms with Gasteiger partial charge in [0.05, 0.1) is 11.1 Å². The van der Waals surface area contributed by atoms with Crippen LogP contribution in [0.5, 0.6) is 0 Å². The van der Waals surface area contributed by atoms with Crippen LogP contribution in [0.25, 0.3) is 0 Å². The van der Waals surface area contributed by atoms with Crippen LogP contribution in [0.2, 0.25) is 5.15 Å². The monoisotopic (exact) mass is 403 g/mol. The van der Waals surface area contributed by atoms with E-state index >= 15 is 0 Å². The topological polar surface area (TPSA) is 62.3 Å². The summed E-state index contributed by atoms with van der Waals surface area (Å²) < 4.78 is 54.4. The molecule has 0 aliphatic rings. The maximum absolute atomic E-state index is 13.9. The molecule has 0 spiro atoms. The van der Waals surface area contributed by atoms with Crippen molar-refractivity contribution in [3.8, 4) is 0 Å². The molecule has 0 saturated carbocycles. The molecule has 10 heteroatoms. The number of aromatic nitrogens is 1. The highest BCUT2D eigenvalue weighted by Crippen LogP contribution is 2.22. The van der Waals surface area contributed by atoms with E-state index < -0.39 is 46.2 Å².